The van der Waals surface area contributed by atoms with Gasteiger partial charge in [-0.1, -0.05) is 12.1 Å². The largest absolute Gasteiger partial charge is 0.354 e. The van der Waals surface area contributed by atoms with Gasteiger partial charge in [-0.3, -0.25) is 0 Å². The Labute approximate surface area is 105 Å². The predicted octanol–water partition coefficient (Wildman–Crippen LogP) is 3.26. The number of hydrogen-bond donors (Lipinski definition) is 2. The Balaban J connectivity index is 1.72. The van der Waals surface area contributed by atoms with Gasteiger partial charge in [-0.15, -0.1) is 0 Å². The highest BCUT2D eigenvalue weighted by Crippen LogP contribution is 2.37. The number of hydrogen-bond acceptors (Lipinski definition) is 3. The number of aromatic amines is 1. The number of thioether (sulfide) groups is 1. The number of imidazole rings is 1. The second kappa shape index (κ2) is 4.26. The van der Waals surface area contributed by atoms with E-state index in [9.17, 15) is 0 Å². The minimum absolute atomic E-state index is 0.374. The molecule has 1 saturated heterocycles. The van der Waals surface area contributed by atoms with Crippen LogP contribution in [0.2, 0.25) is 0 Å². The highest BCUT2D eigenvalue weighted by atomic mass is 32.2. The van der Waals surface area contributed by atoms with Gasteiger partial charge in [0.05, 0.1) is 11.0 Å². The molecule has 2 heterocycles. The second-order valence-corrected chi connectivity index (χ2v) is 6.54. The quantitative estimate of drug-likeness (QED) is 0.874. The van der Waals surface area contributed by atoms with Gasteiger partial charge >= 0.3 is 0 Å². The molecule has 3 rings (SSSR count). The van der Waals surface area contributed by atoms with Crippen molar-refractivity contribution >= 4 is 28.7 Å². The highest BCUT2D eigenvalue weighted by molar-refractivity contribution is 8.00. The molecule has 1 atom stereocenters. The normalized spacial score (nSPS) is 24.3. The zero-order valence-corrected chi connectivity index (χ0v) is 10.8. The zero-order valence-electron chi connectivity index (χ0n) is 9.99. The number of rotatable bonds is 3. The van der Waals surface area contributed by atoms with Crippen LogP contribution in [0, 0.1) is 0 Å². The molecule has 0 radical (unpaired) electrons. The lowest BCUT2D eigenvalue weighted by atomic mass is 10.1. The van der Waals surface area contributed by atoms with Crippen molar-refractivity contribution in [2.75, 3.05) is 17.6 Å². The van der Waals surface area contributed by atoms with Gasteiger partial charge in [0.25, 0.3) is 0 Å². The highest BCUT2D eigenvalue weighted by Gasteiger charge is 2.29. The molecular formula is C13H17N3S. The molecule has 0 aliphatic carbocycles. The van der Waals surface area contributed by atoms with E-state index in [1.165, 1.54) is 18.6 Å². The molecule has 0 saturated carbocycles. The first-order valence-electron chi connectivity index (χ1n) is 6.08. The fraction of sp³-hybridized carbons (Fsp3) is 0.462. The van der Waals surface area contributed by atoms with Crippen molar-refractivity contribution in [1.82, 2.24) is 9.97 Å². The van der Waals surface area contributed by atoms with Gasteiger partial charge in [0.15, 0.2) is 0 Å². The third-order valence-electron chi connectivity index (χ3n) is 3.32. The fourth-order valence-corrected chi connectivity index (χ4v) is 3.53. The zero-order chi connectivity index (χ0) is 11.7. The first kappa shape index (κ1) is 11.0. The second-order valence-electron chi connectivity index (χ2n) is 4.86. The molecule has 0 amide bonds. The van der Waals surface area contributed by atoms with E-state index in [4.69, 9.17) is 0 Å². The van der Waals surface area contributed by atoms with Crippen LogP contribution in [0.15, 0.2) is 24.3 Å². The van der Waals surface area contributed by atoms with Gasteiger partial charge < -0.3 is 10.3 Å². The first-order valence-corrected chi connectivity index (χ1v) is 7.06. The lowest BCUT2D eigenvalue weighted by Crippen LogP contribution is -2.27. The fourth-order valence-electron chi connectivity index (χ4n) is 2.28. The molecule has 3 nitrogen and oxygen atoms in total. The number of benzene rings is 1. The predicted molar refractivity (Wildman–Crippen MR) is 74.7 cm³/mol. The van der Waals surface area contributed by atoms with E-state index in [1.807, 2.05) is 18.2 Å². The van der Waals surface area contributed by atoms with Crippen LogP contribution in [-0.2, 0) is 0 Å². The number of fused-ring (bicyclic) bond motifs is 1. The summed E-state index contributed by atoms with van der Waals surface area (Å²) in [5.41, 5.74) is 2.12. The Morgan fingerprint density at radius 3 is 3.12 bits per heavy atom. The SMILES string of the molecule is CC1(CNc2nc3ccccc3[nH]2)CCCS1. The molecule has 4 heteroatoms. The van der Waals surface area contributed by atoms with Crippen LogP contribution in [0.1, 0.15) is 19.8 Å². The molecule has 1 fully saturated rings. The van der Waals surface area contributed by atoms with E-state index in [0.29, 0.717) is 4.75 Å². The molecule has 1 aliphatic rings. The molecule has 2 aromatic rings. The maximum Gasteiger partial charge on any atom is 0.201 e. The van der Waals surface area contributed by atoms with Crippen molar-refractivity contribution in [3.8, 4) is 0 Å². The van der Waals surface area contributed by atoms with E-state index >= 15 is 0 Å². The third-order valence-corrected chi connectivity index (χ3v) is 4.86. The average Bonchev–Trinajstić information content (AvgIpc) is 2.93. The lowest BCUT2D eigenvalue weighted by molar-refractivity contribution is 0.633. The molecule has 0 spiro atoms. The van der Waals surface area contributed by atoms with E-state index in [-0.39, 0.29) is 0 Å². The Kier molecular flexibility index (Phi) is 2.74. The smallest absolute Gasteiger partial charge is 0.201 e. The molecule has 1 aromatic heterocycles. The monoisotopic (exact) mass is 247 g/mol. The number of nitrogens with one attached hydrogen (secondary N) is 2. The molecule has 0 bridgehead atoms. The van der Waals surface area contributed by atoms with Crippen LogP contribution in [0.4, 0.5) is 5.95 Å². The summed E-state index contributed by atoms with van der Waals surface area (Å²) in [5.74, 6) is 2.18. The van der Waals surface area contributed by atoms with Crippen LogP contribution in [0.25, 0.3) is 11.0 Å². The van der Waals surface area contributed by atoms with Crippen molar-refractivity contribution in [1.29, 1.82) is 0 Å². The summed E-state index contributed by atoms with van der Waals surface area (Å²) in [4.78, 5) is 7.83. The Morgan fingerprint density at radius 2 is 2.35 bits per heavy atom. The molecular weight excluding hydrogens is 230 g/mol. The molecule has 90 valence electrons. The van der Waals surface area contributed by atoms with Gasteiger partial charge in [0.1, 0.15) is 0 Å². The van der Waals surface area contributed by atoms with Crippen molar-refractivity contribution in [2.24, 2.45) is 0 Å². The van der Waals surface area contributed by atoms with Gasteiger partial charge in [0, 0.05) is 11.3 Å². The van der Waals surface area contributed by atoms with Crippen molar-refractivity contribution in [3.05, 3.63) is 24.3 Å². The summed E-state index contributed by atoms with van der Waals surface area (Å²) in [6.07, 6.45) is 2.63. The molecule has 1 aliphatic heterocycles. The van der Waals surface area contributed by atoms with E-state index < -0.39 is 0 Å². The summed E-state index contributed by atoms with van der Waals surface area (Å²) < 4.78 is 0.374. The molecule has 2 N–H and O–H groups in total. The van der Waals surface area contributed by atoms with Crippen LogP contribution >= 0.6 is 11.8 Å². The van der Waals surface area contributed by atoms with Gasteiger partial charge in [-0.2, -0.15) is 11.8 Å². The number of para-hydroxylation sites is 2. The minimum Gasteiger partial charge on any atom is -0.354 e. The van der Waals surface area contributed by atoms with Gasteiger partial charge in [-0.05, 0) is 37.7 Å². The lowest BCUT2D eigenvalue weighted by Gasteiger charge is -2.22. The molecule has 1 unspecified atom stereocenters. The summed E-state index contributed by atoms with van der Waals surface area (Å²) in [5, 5.41) is 3.43. The van der Waals surface area contributed by atoms with Crippen LogP contribution in [0.5, 0.6) is 0 Å². The van der Waals surface area contributed by atoms with Crippen molar-refractivity contribution in [2.45, 2.75) is 24.5 Å². The van der Waals surface area contributed by atoms with Gasteiger partial charge in [-0.25, -0.2) is 4.98 Å². The number of H-pyrrole nitrogens is 1. The Bertz CT molecular complexity index is 481. The minimum atomic E-state index is 0.374. The number of aromatic nitrogens is 2. The summed E-state index contributed by atoms with van der Waals surface area (Å²) in [6, 6.07) is 8.13. The van der Waals surface area contributed by atoms with Crippen molar-refractivity contribution < 1.29 is 0 Å². The van der Waals surface area contributed by atoms with E-state index in [2.05, 4.69) is 40.0 Å². The topological polar surface area (TPSA) is 40.7 Å². The maximum absolute atomic E-state index is 4.53. The standard InChI is InChI=1S/C13H17N3S/c1-13(7-4-8-17-13)9-14-12-15-10-5-2-3-6-11(10)16-12/h2-3,5-6H,4,7-9H2,1H3,(H2,14,15,16). The van der Waals surface area contributed by atoms with Crippen molar-refractivity contribution in [3.63, 3.8) is 0 Å². The first-order chi connectivity index (χ1) is 8.25. The summed E-state index contributed by atoms with van der Waals surface area (Å²) in [6.45, 7) is 3.32. The third kappa shape index (κ3) is 2.27. The maximum atomic E-state index is 4.53. The summed E-state index contributed by atoms with van der Waals surface area (Å²) in [7, 11) is 0. The average molecular weight is 247 g/mol. The molecule has 17 heavy (non-hydrogen) atoms. The Hall–Kier alpha value is -1.16. The summed E-state index contributed by atoms with van der Waals surface area (Å²) >= 11 is 2.07. The van der Waals surface area contributed by atoms with Crippen LogP contribution < -0.4 is 5.32 Å². The number of anilines is 1. The van der Waals surface area contributed by atoms with Crippen LogP contribution in [-0.4, -0.2) is 27.0 Å². The number of nitrogens with zero attached hydrogens (tertiary/aromatic N) is 1. The van der Waals surface area contributed by atoms with E-state index in [1.54, 1.807) is 0 Å². The molecule has 1 aromatic carbocycles. The van der Waals surface area contributed by atoms with Gasteiger partial charge in [0.2, 0.25) is 5.95 Å². The van der Waals surface area contributed by atoms with E-state index in [0.717, 1.165) is 23.5 Å². The van der Waals surface area contributed by atoms with Crippen LogP contribution in [0.3, 0.4) is 0 Å². The Morgan fingerprint density at radius 1 is 1.47 bits per heavy atom.